The molecule has 0 atom stereocenters. The van der Waals surface area contributed by atoms with Gasteiger partial charge in [0.25, 0.3) is 11.8 Å². The third-order valence-electron chi connectivity index (χ3n) is 4.21. The minimum Gasteiger partial charge on any atom is -0.493 e. The molecule has 0 fully saturated rings. The topological polar surface area (TPSA) is 157 Å². The molecule has 3 aromatic rings. The molecule has 2 aromatic carbocycles. The molecule has 1 heterocycles. The van der Waals surface area contributed by atoms with Crippen molar-refractivity contribution in [2.75, 3.05) is 12.4 Å². The highest BCUT2D eigenvalue weighted by Crippen LogP contribution is 2.35. The second kappa shape index (κ2) is 9.33. The molecule has 3 N–H and O–H groups in total. The van der Waals surface area contributed by atoms with Crippen LogP contribution in [0, 0.1) is 11.3 Å². The van der Waals surface area contributed by atoms with Gasteiger partial charge < -0.3 is 14.8 Å². The predicted molar refractivity (Wildman–Crippen MR) is 111 cm³/mol. The van der Waals surface area contributed by atoms with Crippen molar-refractivity contribution in [2.45, 2.75) is 11.1 Å². The van der Waals surface area contributed by atoms with E-state index in [1.165, 1.54) is 43.5 Å². The number of primary sulfonamides is 1. The van der Waals surface area contributed by atoms with Crippen LogP contribution in [0.15, 0.2) is 53.4 Å². The zero-order chi connectivity index (χ0) is 25.1. The molecular formula is C20H14F3N5O5S. The van der Waals surface area contributed by atoms with E-state index in [-0.39, 0.29) is 27.6 Å². The van der Waals surface area contributed by atoms with E-state index in [1.807, 2.05) is 6.07 Å². The number of anilines is 1. The summed E-state index contributed by atoms with van der Waals surface area (Å²) in [4.78, 5) is 12.5. The maximum Gasteiger partial charge on any atom is 0.435 e. The van der Waals surface area contributed by atoms with Crippen LogP contribution in [-0.4, -0.2) is 31.6 Å². The Labute approximate surface area is 190 Å². The van der Waals surface area contributed by atoms with Gasteiger partial charge >= 0.3 is 6.18 Å². The lowest BCUT2D eigenvalue weighted by atomic mass is 10.2. The van der Waals surface area contributed by atoms with Gasteiger partial charge in [-0.05, 0) is 36.4 Å². The van der Waals surface area contributed by atoms with E-state index in [9.17, 15) is 26.4 Å². The number of hydrogen-bond donors (Lipinski definition) is 2. The number of aromatic nitrogens is 2. The molecule has 3 rings (SSSR count). The van der Waals surface area contributed by atoms with Crippen molar-refractivity contribution in [3.63, 3.8) is 0 Å². The SMILES string of the molecule is COc1cc(C#N)ccc1Oc1nnc(C(F)(F)F)cc1C(=O)Nc1cccc(S(N)(=O)=O)c1. The number of carbonyl (C=O) groups is 1. The van der Waals surface area contributed by atoms with Crippen LogP contribution in [0.5, 0.6) is 17.4 Å². The summed E-state index contributed by atoms with van der Waals surface area (Å²) in [7, 11) is -2.83. The van der Waals surface area contributed by atoms with Gasteiger partial charge in [-0.15, -0.1) is 10.2 Å². The number of nitrogens with two attached hydrogens (primary N) is 1. The van der Waals surface area contributed by atoms with Gasteiger partial charge in [0.2, 0.25) is 10.0 Å². The monoisotopic (exact) mass is 493 g/mol. The van der Waals surface area contributed by atoms with Crippen LogP contribution in [-0.2, 0) is 16.2 Å². The first-order chi connectivity index (χ1) is 15.9. The molecule has 0 bridgehead atoms. The molecule has 1 amide bonds. The van der Waals surface area contributed by atoms with Crippen LogP contribution in [0.3, 0.4) is 0 Å². The molecule has 0 unspecified atom stereocenters. The van der Waals surface area contributed by atoms with Crippen molar-refractivity contribution in [1.29, 1.82) is 5.26 Å². The van der Waals surface area contributed by atoms with Crippen molar-refractivity contribution in [1.82, 2.24) is 10.2 Å². The Morgan fingerprint density at radius 3 is 2.47 bits per heavy atom. The van der Waals surface area contributed by atoms with Gasteiger partial charge in [0.15, 0.2) is 17.2 Å². The Kier molecular flexibility index (Phi) is 6.70. The molecular weight excluding hydrogens is 479 g/mol. The first-order valence-corrected chi connectivity index (χ1v) is 10.6. The van der Waals surface area contributed by atoms with Gasteiger partial charge in [-0.3, -0.25) is 4.79 Å². The van der Waals surface area contributed by atoms with E-state index in [0.717, 1.165) is 6.07 Å². The second-order valence-corrected chi connectivity index (χ2v) is 8.11. The fraction of sp³-hybridized carbons (Fsp3) is 0.100. The van der Waals surface area contributed by atoms with E-state index in [4.69, 9.17) is 19.9 Å². The molecule has 0 saturated heterocycles. The fourth-order valence-corrected chi connectivity index (χ4v) is 3.19. The lowest BCUT2D eigenvalue weighted by Crippen LogP contribution is -2.18. The second-order valence-electron chi connectivity index (χ2n) is 6.55. The number of amides is 1. The number of sulfonamides is 1. The van der Waals surface area contributed by atoms with Crippen LogP contribution in [0.25, 0.3) is 0 Å². The molecule has 0 spiro atoms. The maximum absolute atomic E-state index is 13.2. The molecule has 0 aliphatic heterocycles. The Bertz CT molecular complexity index is 1400. The first kappa shape index (κ1) is 24.4. The van der Waals surface area contributed by atoms with E-state index < -0.39 is 39.2 Å². The minimum absolute atomic E-state index is 0.0490. The van der Waals surface area contributed by atoms with E-state index in [2.05, 4.69) is 15.5 Å². The van der Waals surface area contributed by atoms with Crippen LogP contribution >= 0.6 is 0 Å². The van der Waals surface area contributed by atoms with Gasteiger partial charge in [-0.2, -0.15) is 18.4 Å². The quantitative estimate of drug-likeness (QED) is 0.530. The number of halogens is 3. The Balaban J connectivity index is 2.03. The van der Waals surface area contributed by atoms with E-state index in [1.54, 1.807) is 0 Å². The number of ether oxygens (including phenoxy) is 2. The third-order valence-corrected chi connectivity index (χ3v) is 5.13. The standard InChI is InChI=1S/C20H14F3N5O5S/c1-32-16-7-11(10-24)5-6-15(16)33-19-14(9-17(27-28-19)20(21,22)23)18(29)26-12-3-2-4-13(8-12)34(25,30)31/h2-9H,1H3,(H,26,29)(H2,25,30,31). The summed E-state index contributed by atoms with van der Waals surface area (Å²) in [6.07, 6.45) is -4.92. The normalized spacial score (nSPS) is 11.4. The fourth-order valence-electron chi connectivity index (χ4n) is 2.63. The van der Waals surface area contributed by atoms with Gasteiger partial charge in [0.05, 0.1) is 23.6 Å². The number of nitriles is 1. The van der Waals surface area contributed by atoms with Crippen molar-refractivity contribution in [3.8, 4) is 23.4 Å². The van der Waals surface area contributed by atoms with Crippen molar-refractivity contribution >= 4 is 21.6 Å². The largest absolute Gasteiger partial charge is 0.493 e. The molecule has 14 heteroatoms. The van der Waals surface area contributed by atoms with Crippen molar-refractivity contribution < 1.29 is 35.9 Å². The highest BCUT2D eigenvalue weighted by atomic mass is 32.2. The molecule has 10 nitrogen and oxygen atoms in total. The molecule has 176 valence electrons. The number of nitrogens with one attached hydrogen (secondary N) is 1. The summed E-state index contributed by atoms with van der Waals surface area (Å²) in [6.45, 7) is 0. The van der Waals surface area contributed by atoms with Gasteiger partial charge in [-0.25, -0.2) is 13.6 Å². The van der Waals surface area contributed by atoms with Gasteiger partial charge in [0, 0.05) is 11.8 Å². The summed E-state index contributed by atoms with van der Waals surface area (Å²) in [5, 5.41) is 22.8. The Morgan fingerprint density at radius 2 is 1.85 bits per heavy atom. The molecule has 34 heavy (non-hydrogen) atoms. The highest BCUT2D eigenvalue weighted by Gasteiger charge is 2.35. The highest BCUT2D eigenvalue weighted by molar-refractivity contribution is 7.89. The molecule has 0 aliphatic rings. The first-order valence-electron chi connectivity index (χ1n) is 9.07. The summed E-state index contributed by atoms with van der Waals surface area (Å²) >= 11 is 0. The number of nitrogens with zero attached hydrogens (tertiary/aromatic N) is 3. The zero-order valence-electron chi connectivity index (χ0n) is 17.1. The summed E-state index contributed by atoms with van der Waals surface area (Å²) in [5.74, 6) is -1.71. The number of rotatable bonds is 6. The predicted octanol–water partition coefficient (Wildman–Crippen LogP) is 3.07. The smallest absolute Gasteiger partial charge is 0.435 e. The molecule has 0 radical (unpaired) electrons. The average Bonchev–Trinajstić information content (AvgIpc) is 2.78. The zero-order valence-corrected chi connectivity index (χ0v) is 17.9. The molecule has 0 saturated carbocycles. The van der Waals surface area contributed by atoms with Crippen LogP contribution < -0.4 is 19.9 Å². The number of hydrogen-bond acceptors (Lipinski definition) is 8. The summed E-state index contributed by atoms with van der Waals surface area (Å²) < 4.78 is 73.2. The van der Waals surface area contributed by atoms with Crippen LogP contribution in [0.1, 0.15) is 21.6 Å². The lowest BCUT2D eigenvalue weighted by molar-refractivity contribution is -0.141. The summed E-state index contributed by atoms with van der Waals surface area (Å²) in [6, 6.07) is 11.1. The lowest BCUT2D eigenvalue weighted by Gasteiger charge is -2.14. The maximum atomic E-state index is 13.2. The van der Waals surface area contributed by atoms with Crippen molar-refractivity contribution in [3.05, 3.63) is 65.4 Å². The van der Waals surface area contributed by atoms with Crippen LogP contribution in [0.2, 0.25) is 0 Å². The summed E-state index contributed by atoms with van der Waals surface area (Å²) in [5.41, 5.74) is -1.97. The third kappa shape index (κ3) is 5.57. The van der Waals surface area contributed by atoms with Gasteiger partial charge in [0.1, 0.15) is 5.56 Å². The number of methoxy groups -OCH3 is 1. The van der Waals surface area contributed by atoms with Crippen LogP contribution in [0.4, 0.5) is 18.9 Å². The Morgan fingerprint density at radius 1 is 1.12 bits per heavy atom. The Hall–Kier alpha value is -4.22. The number of alkyl halides is 3. The number of benzene rings is 2. The van der Waals surface area contributed by atoms with Gasteiger partial charge in [-0.1, -0.05) is 6.07 Å². The van der Waals surface area contributed by atoms with E-state index in [0.29, 0.717) is 6.07 Å². The van der Waals surface area contributed by atoms with E-state index >= 15 is 0 Å². The molecule has 1 aromatic heterocycles. The minimum atomic E-state index is -4.92. The number of carbonyl (C=O) groups excluding carboxylic acids is 1. The average molecular weight is 493 g/mol. The molecule has 0 aliphatic carbocycles. The van der Waals surface area contributed by atoms with Crippen molar-refractivity contribution in [2.24, 2.45) is 5.14 Å².